The van der Waals surface area contributed by atoms with Gasteiger partial charge in [-0.05, 0) is 20.8 Å². The molecular weight excluding hydrogens is 226 g/mol. The fraction of sp³-hybridized carbons (Fsp3) is 0.818. The SMILES string of the molecule is CC(C)OCC(=O)N1CC(C)(OCC(=O)O)C1. The smallest absolute Gasteiger partial charge is 0.329 e. The van der Waals surface area contributed by atoms with E-state index in [4.69, 9.17) is 14.6 Å². The van der Waals surface area contributed by atoms with Crippen LogP contribution in [0.4, 0.5) is 0 Å². The predicted molar refractivity (Wildman–Crippen MR) is 59.7 cm³/mol. The summed E-state index contributed by atoms with van der Waals surface area (Å²) in [4.78, 5) is 23.5. The minimum absolute atomic E-state index is 0.0230. The van der Waals surface area contributed by atoms with Gasteiger partial charge in [0.1, 0.15) is 18.8 Å². The summed E-state index contributed by atoms with van der Waals surface area (Å²) < 4.78 is 10.4. The van der Waals surface area contributed by atoms with Gasteiger partial charge in [0.15, 0.2) is 0 Å². The summed E-state index contributed by atoms with van der Waals surface area (Å²) >= 11 is 0. The minimum Gasteiger partial charge on any atom is -0.480 e. The predicted octanol–water partition coefficient (Wildman–Crippen LogP) is 0.114. The molecule has 1 amide bonds. The Bertz CT molecular complexity index is 296. The number of hydrogen-bond donors (Lipinski definition) is 1. The van der Waals surface area contributed by atoms with Gasteiger partial charge in [-0.1, -0.05) is 0 Å². The van der Waals surface area contributed by atoms with Crippen molar-refractivity contribution in [1.29, 1.82) is 0 Å². The van der Waals surface area contributed by atoms with Crippen molar-refractivity contribution in [1.82, 2.24) is 4.90 Å². The van der Waals surface area contributed by atoms with Crippen LogP contribution in [0.2, 0.25) is 0 Å². The second kappa shape index (κ2) is 5.46. The number of aliphatic carboxylic acids is 1. The van der Waals surface area contributed by atoms with Gasteiger partial charge in [-0.15, -0.1) is 0 Å². The molecule has 0 radical (unpaired) electrons. The van der Waals surface area contributed by atoms with Crippen molar-refractivity contribution in [3.05, 3.63) is 0 Å². The fourth-order valence-corrected chi connectivity index (χ4v) is 1.59. The van der Waals surface area contributed by atoms with E-state index in [2.05, 4.69) is 0 Å². The first kappa shape index (κ1) is 13.9. The number of carbonyl (C=O) groups excluding carboxylic acids is 1. The van der Waals surface area contributed by atoms with Crippen molar-refractivity contribution in [2.45, 2.75) is 32.5 Å². The van der Waals surface area contributed by atoms with Crippen molar-refractivity contribution < 1.29 is 24.2 Å². The van der Waals surface area contributed by atoms with E-state index in [0.29, 0.717) is 13.1 Å². The zero-order chi connectivity index (χ0) is 13.1. The van der Waals surface area contributed by atoms with E-state index in [1.54, 1.807) is 11.8 Å². The Hall–Kier alpha value is -1.14. The lowest BCUT2D eigenvalue weighted by Gasteiger charge is -2.47. The van der Waals surface area contributed by atoms with Crippen LogP contribution in [0, 0.1) is 0 Å². The molecule has 0 aromatic rings. The molecule has 1 rings (SSSR count). The molecule has 0 atom stereocenters. The number of nitrogens with zero attached hydrogens (tertiary/aromatic N) is 1. The number of carboxylic acids is 1. The summed E-state index contributed by atoms with van der Waals surface area (Å²) in [6.07, 6.45) is 0.0230. The number of likely N-dealkylation sites (tertiary alicyclic amines) is 1. The second-order valence-electron chi connectivity index (χ2n) is 4.74. The molecule has 0 spiro atoms. The van der Waals surface area contributed by atoms with Gasteiger partial charge in [-0.3, -0.25) is 4.79 Å². The highest BCUT2D eigenvalue weighted by Crippen LogP contribution is 2.24. The molecule has 0 aromatic heterocycles. The number of amides is 1. The van der Waals surface area contributed by atoms with E-state index in [9.17, 15) is 9.59 Å². The molecule has 98 valence electrons. The molecule has 1 fully saturated rings. The van der Waals surface area contributed by atoms with Gasteiger partial charge in [-0.25, -0.2) is 4.79 Å². The van der Waals surface area contributed by atoms with Crippen molar-refractivity contribution in [3.8, 4) is 0 Å². The third-order valence-corrected chi connectivity index (χ3v) is 2.49. The maximum absolute atomic E-state index is 11.6. The molecule has 1 saturated heterocycles. The lowest BCUT2D eigenvalue weighted by atomic mass is 9.96. The Labute approximate surface area is 100 Å². The van der Waals surface area contributed by atoms with Crippen molar-refractivity contribution in [3.63, 3.8) is 0 Å². The molecule has 6 heteroatoms. The molecule has 1 aliphatic heterocycles. The molecule has 17 heavy (non-hydrogen) atoms. The minimum atomic E-state index is -1.00. The first-order valence-corrected chi connectivity index (χ1v) is 5.57. The summed E-state index contributed by atoms with van der Waals surface area (Å²) in [6.45, 7) is 6.09. The molecule has 1 N–H and O–H groups in total. The van der Waals surface area contributed by atoms with Crippen LogP contribution in [-0.2, 0) is 19.1 Å². The zero-order valence-corrected chi connectivity index (χ0v) is 10.4. The van der Waals surface area contributed by atoms with Crippen LogP contribution in [-0.4, -0.2) is 59.9 Å². The number of carbonyl (C=O) groups is 2. The highest BCUT2D eigenvalue weighted by Gasteiger charge is 2.42. The van der Waals surface area contributed by atoms with Gasteiger partial charge < -0.3 is 19.5 Å². The molecule has 6 nitrogen and oxygen atoms in total. The van der Waals surface area contributed by atoms with E-state index in [1.165, 1.54) is 0 Å². The molecular formula is C11H19NO5. The van der Waals surface area contributed by atoms with Crippen LogP contribution >= 0.6 is 0 Å². The van der Waals surface area contributed by atoms with Crippen LogP contribution < -0.4 is 0 Å². The Balaban J connectivity index is 2.25. The molecule has 0 aromatic carbocycles. The maximum atomic E-state index is 11.6. The Morgan fingerprint density at radius 1 is 1.35 bits per heavy atom. The molecule has 1 aliphatic rings. The monoisotopic (exact) mass is 245 g/mol. The normalized spacial score (nSPS) is 18.0. The lowest BCUT2D eigenvalue weighted by molar-refractivity contribution is -0.176. The van der Waals surface area contributed by atoms with E-state index in [0.717, 1.165) is 0 Å². The number of carboxylic acid groups (broad SMARTS) is 1. The summed E-state index contributed by atoms with van der Waals surface area (Å²) in [5.74, 6) is -1.09. The summed E-state index contributed by atoms with van der Waals surface area (Å²) in [6, 6.07) is 0. The molecule has 0 unspecified atom stereocenters. The van der Waals surface area contributed by atoms with Crippen LogP contribution in [0.1, 0.15) is 20.8 Å². The van der Waals surface area contributed by atoms with Gasteiger partial charge in [0.2, 0.25) is 5.91 Å². The number of hydrogen-bond acceptors (Lipinski definition) is 4. The van der Waals surface area contributed by atoms with Gasteiger partial charge in [0.05, 0.1) is 19.2 Å². The average Bonchev–Trinajstić information content (AvgIpc) is 2.19. The van der Waals surface area contributed by atoms with Gasteiger partial charge >= 0.3 is 5.97 Å². The van der Waals surface area contributed by atoms with Crippen LogP contribution in [0.3, 0.4) is 0 Å². The molecule has 0 aliphatic carbocycles. The standard InChI is InChI=1S/C11H19NO5/c1-8(2)16-4-9(13)12-6-11(3,7-12)17-5-10(14)15/h8H,4-7H2,1-3H3,(H,14,15). The van der Waals surface area contributed by atoms with Crippen molar-refractivity contribution in [2.75, 3.05) is 26.3 Å². The van der Waals surface area contributed by atoms with Crippen molar-refractivity contribution in [2.24, 2.45) is 0 Å². The Kier molecular flexibility index (Phi) is 4.47. The molecule has 1 heterocycles. The fourth-order valence-electron chi connectivity index (χ4n) is 1.59. The van der Waals surface area contributed by atoms with E-state index >= 15 is 0 Å². The van der Waals surface area contributed by atoms with E-state index in [-0.39, 0.29) is 25.2 Å². The topological polar surface area (TPSA) is 76.1 Å². The Morgan fingerprint density at radius 2 is 1.94 bits per heavy atom. The van der Waals surface area contributed by atoms with E-state index in [1.807, 2.05) is 13.8 Å². The summed E-state index contributed by atoms with van der Waals surface area (Å²) in [5.41, 5.74) is -0.536. The van der Waals surface area contributed by atoms with Crippen LogP contribution in [0.25, 0.3) is 0 Å². The second-order valence-corrected chi connectivity index (χ2v) is 4.74. The third kappa shape index (κ3) is 4.32. The molecule has 0 saturated carbocycles. The maximum Gasteiger partial charge on any atom is 0.329 e. The highest BCUT2D eigenvalue weighted by atomic mass is 16.5. The summed E-state index contributed by atoms with van der Waals surface area (Å²) in [5, 5.41) is 8.49. The largest absolute Gasteiger partial charge is 0.480 e. The third-order valence-electron chi connectivity index (χ3n) is 2.49. The number of ether oxygens (including phenoxy) is 2. The first-order valence-electron chi connectivity index (χ1n) is 5.57. The van der Waals surface area contributed by atoms with Crippen molar-refractivity contribution >= 4 is 11.9 Å². The molecule has 0 bridgehead atoms. The highest BCUT2D eigenvalue weighted by molar-refractivity contribution is 5.78. The van der Waals surface area contributed by atoms with E-state index < -0.39 is 11.6 Å². The van der Waals surface area contributed by atoms with Crippen LogP contribution in [0.15, 0.2) is 0 Å². The van der Waals surface area contributed by atoms with Gasteiger partial charge in [0.25, 0.3) is 0 Å². The zero-order valence-electron chi connectivity index (χ0n) is 10.4. The quantitative estimate of drug-likeness (QED) is 0.719. The average molecular weight is 245 g/mol. The Morgan fingerprint density at radius 3 is 2.41 bits per heavy atom. The first-order chi connectivity index (χ1) is 7.82. The van der Waals surface area contributed by atoms with Gasteiger partial charge in [0, 0.05) is 0 Å². The van der Waals surface area contributed by atoms with Gasteiger partial charge in [-0.2, -0.15) is 0 Å². The van der Waals surface area contributed by atoms with Crippen LogP contribution in [0.5, 0.6) is 0 Å². The number of rotatable bonds is 6. The summed E-state index contributed by atoms with van der Waals surface area (Å²) in [7, 11) is 0. The lowest BCUT2D eigenvalue weighted by Crippen LogP contribution is -2.64.